The summed E-state index contributed by atoms with van der Waals surface area (Å²) >= 11 is 0. The lowest BCUT2D eigenvalue weighted by molar-refractivity contribution is -0.137. The number of anilines is 1. The molecule has 1 aliphatic heterocycles. The summed E-state index contributed by atoms with van der Waals surface area (Å²) in [6.07, 6.45) is -0.219. The number of halogens is 3. The maximum Gasteiger partial charge on any atom is 0.416 e. The number of hydrogen-bond donors (Lipinski definition) is 1. The smallest absolute Gasteiger partial charge is 0.350 e. The fourth-order valence-corrected chi connectivity index (χ4v) is 5.37. The number of piperidine rings is 1. The topological polar surface area (TPSA) is 69.7 Å². The third-order valence-corrected chi connectivity index (χ3v) is 7.17. The second kappa shape index (κ2) is 10.8. The van der Waals surface area contributed by atoms with Gasteiger partial charge in [0.15, 0.2) is 0 Å². The lowest BCUT2D eigenvalue weighted by Gasteiger charge is -2.29. The summed E-state index contributed by atoms with van der Waals surface area (Å²) in [5.41, 5.74) is 0.789. The van der Waals surface area contributed by atoms with Gasteiger partial charge in [-0.2, -0.15) is 13.2 Å². The van der Waals surface area contributed by atoms with E-state index in [9.17, 15) is 26.4 Å². The summed E-state index contributed by atoms with van der Waals surface area (Å²) in [6.45, 7) is 4.36. The molecule has 0 aliphatic carbocycles. The molecule has 0 bridgehead atoms. The van der Waals surface area contributed by atoms with Gasteiger partial charge in [-0.15, -0.1) is 0 Å². The number of carbonyl (C=O) groups excluding carboxylic acids is 1. The monoisotopic (exact) mass is 497 g/mol. The Morgan fingerprint density at radius 2 is 1.71 bits per heavy atom. The molecule has 1 N–H and O–H groups in total. The number of amides is 1. The Bertz CT molecular complexity index is 1100. The molecule has 1 amide bonds. The molecule has 1 saturated heterocycles. The molecule has 1 unspecified atom stereocenters. The van der Waals surface area contributed by atoms with E-state index in [1.807, 2.05) is 24.3 Å². The van der Waals surface area contributed by atoms with Gasteiger partial charge in [-0.1, -0.05) is 36.8 Å². The summed E-state index contributed by atoms with van der Waals surface area (Å²) < 4.78 is 65.1. The maximum absolute atomic E-state index is 13.2. The number of likely N-dealkylation sites (tertiary alicyclic amines) is 1. The Kier molecular flexibility index (Phi) is 8.25. The number of nitrogens with zero attached hydrogens (tertiary/aromatic N) is 2. The van der Waals surface area contributed by atoms with Gasteiger partial charge in [-0.05, 0) is 62.2 Å². The Morgan fingerprint density at radius 1 is 1.06 bits per heavy atom. The highest BCUT2D eigenvalue weighted by molar-refractivity contribution is 7.92. The first-order valence-corrected chi connectivity index (χ1v) is 13.0. The Balaban J connectivity index is 1.75. The van der Waals surface area contributed by atoms with E-state index in [1.54, 1.807) is 0 Å². The Hall–Kier alpha value is -2.59. The van der Waals surface area contributed by atoms with E-state index in [4.69, 9.17) is 0 Å². The zero-order valence-corrected chi connectivity index (χ0v) is 20.1. The first-order chi connectivity index (χ1) is 16.0. The van der Waals surface area contributed by atoms with Gasteiger partial charge in [0.25, 0.3) is 0 Å². The third kappa shape index (κ3) is 6.73. The summed E-state index contributed by atoms with van der Waals surface area (Å²) in [5, 5.41) is 2.76. The number of sulfonamides is 1. The molecule has 1 fully saturated rings. The van der Waals surface area contributed by atoms with Crippen LogP contribution in [0.5, 0.6) is 0 Å². The number of alkyl halides is 3. The van der Waals surface area contributed by atoms with E-state index in [2.05, 4.69) is 10.2 Å². The molecule has 2 aromatic rings. The number of benzene rings is 2. The molecule has 0 radical (unpaired) electrons. The van der Waals surface area contributed by atoms with Crippen LogP contribution in [0.4, 0.5) is 18.9 Å². The molecule has 10 heteroatoms. The van der Waals surface area contributed by atoms with Gasteiger partial charge in [0.05, 0.1) is 17.5 Å². The summed E-state index contributed by atoms with van der Waals surface area (Å²) in [7, 11) is -4.04. The Morgan fingerprint density at radius 3 is 2.32 bits per heavy atom. The van der Waals surface area contributed by atoms with Crippen LogP contribution in [0.25, 0.3) is 0 Å². The number of nitrogens with one attached hydrogen (secondary N) is 1. The number of rotatable bonds is 8. The minimum atomic E-state index is -4.64. The normalized spacial score (nSPS) is 16.1. The lowest BCUT2D eigenvalue weighted by atomic mass is 10.0. The average Bonchev–Trinajstić information content (AvgIpc) is 2.78. The standard InChI is InChI=1S/C24H30F3N3O3S/c1-18(30(34(2,32)33)22-12-8-11-21(15-22)24(25,26)27)23(31)28-16-19-9-4-5-10-20(19)17-29-13-6-3-7-14-29/h4-5,8-12,15,18H,3,6-7,13-14,16-17H2,1-2H3,(H,28,31). The van der Waals surface area contributed by atoms with Crippen LogP contribution in [0, 0.1) is 0 Å². The van der Waals surface area contributed by atoms with Gasteiger partial charge in [0.2, 0.25) is 15.9 Å². The molecule has 2 aromatic carbocycles. The largest absolute Gasteiger partial charge is 0.416 e. The van der Waals surface area contributed by atoms with Crippen molar-refractivity contribution in [3.8, 4) is 0 Å². The third-order valence-electron chi connectivity index (χ3n) is 5.93. The molecule has 0 saturated carbocycles. The van der Waals surface area contributed by atoms with Gasteiger partial charge < -0.3 is 5.32 Å². The minimum absolute atomic E-state index is 0.188. The van der Waals surface area contributed by atoms with Crippen molar-refractivity contribution in [2.75, 3.05) is 23.7 Å². The highest BCUT2D eigenvalue weighted by Gasteiger charge is 2.34. The Labute approximate surface area is 198 Å². The van der Waals surface area contributed by atoms with E-state index in [0.717, 1.165) is 72.4 Å². The second-order valence-electron chi connectivity index (χ2n) is 8.61. The molecular formula is C24H30F3N3O3S. The number of hydrogen-bond acceptors (Lipinski definition) is 4. The lowest BCUT2D eigenvalue weighted by Crippen LogP contribution is -2.47. The van der Waals surface area contributed by atoms with Crippen molar-refractivity contribution in [3.63, 3.8) is 0 Å². The molecule has 6 nitrogen and oxygen atoms in total. The SMILES string of the molecule is CC(C(=O)NCc1ccccc1CN1CCCCC1)N(c1cccc(C(F)(F)F)c1)S(C)(=O)=O. The predicted octanol–water partition coefficient (Wildman–Crippen LogP) is 4.16. The maximum atomic E-state index is 13.2. The van der Waals surface area contributed by atoms with Gasteiger partial charge in [-0.25, -0.2) is 8.42 Å². The molecule has 1 aliphatic rings. The van der Waals surface area contributed by atoms with Crippen molar-refractivity contribution in [1.29, 1.82) is 0 Å². The van der Waals surface area contributed by atoms with Crippen molar-refractivity contribution >= 4 is 21.6 Å². The molecule has 0 spiro atoms. The van der Waals surface area contributed by atoms with E-state index in [-0.39, 0.29) is 12.2 Å². The average molecular weight is 498 g/mol. The number of carbonyl (C=O) groups is 1. The highest BCUT2D eigenvalue weighted by atomic mass is 32.2. The second-order valence-corrected chi connectivity index (χ2v) is 10.5. The van der Waals surface area contributed by atoms with Crippen LogP contribution >= 0.6 is 0 Å². The quantitative estimate of drug-likeness (QED) is 0.595. The van der Waals surface area contributed by atoms with Crippen LogP contribution < -0.4 is 9.62 Å². The van der Waals surface area contributed by atoms with E-state index in [1.165, 1.54) is 19.4 Å². The molecule has 0 aromatic heterocycles. The van der Waals surface area contributed by atoms with Crippen molar-refractivity contribution in [3.05, 3.63) is 65.2 Å². The van der Waals surface area contributed by atoms with Crippen LogP contribution in [0.15, 0.2) is 48.5 Å². The van der Waals surface area contributed by atoms with Crippen molar-refractivity contribution < 1.29 is 26.4 Å². The molecular weight excluding hydrogens is 467 g/mol. The summed E-state index contributed by atoms with van der Waals surface area (Å²) in [4.78, 5) is 15.3. The van der Waals surface area contributed by atoms with Crippen LogP contribution in [-0.4, -0.2) is 44.6 Å². The first-order valence-electron chi connectivity index (χ1n) is 11.2. The molecule has 1 heterocycles. The van der Waals surface area contributed by atoms with Gasteiger partial charge in [0.1, 0.15) is 6.04 Å². The fourth-order valence-electron chi connectivity index (χ4n) is 4.20. The predicted molar refractivity (Wildman–Crippen MR) is 126 cm³/mol. The van der Waals surface area contributed by atoms with E-state index >= 15 is 0 Å². The highest BCUT2D eigenvalue weighted by Crippen LogP contribution is 2.32. The fraction of sp³-hybridized carbons (Fsp3) is 0.458. The minimum Gasteiger partial charge on any atom is -0.350 e. The first kappa shape index (κ1) is 26.0. The summed E-state index contributed by atoms with van der Waals surface area (Å²) in [5.74, 6) is -0.601. The van der Waals surface area contributed by atoms with Crippen molar-refractivity contribution in [2.45, 2.75) is 51.5 Å². The van der Waals surface area contributed by atoms with Gasteiger partial charge in [-0.3, -0.25) is 14.0 Å². The van der Waals surface area contributed by atoms with Gasteiger partial charge in [0, 0.05) is 13.1 Å². The molecule has 1 atom stereocenters. The summed E-state index contributed by atoms with van der Waals surface area (Å²) in [6, 6.07) is 10.4. The van der Waals surface area contributed by atoms with Crippen LogP contribution in [0.2, 0.25) is 0 Å². The molecule has 34 heavy (non-hydrogen) atoms. The van der Waals surface area contributed by atoms with Gasteiger partial charge >= 0.3 is 6.18 Å². The van der Waals surface area contributed by atoms with E-state index in [0.29, 0.717) is 0 Å². The van der Waals surface area contributed by atoms with Crippen LogP contribution in [0.1, 0.15) is 42.9 Å². The van der Waals surface area contributed by atoms with E-state index < -0.39 is 33.7 Å². The van der Waals surface area contributed by atoms with Crippen molar-refractivity contribution in [1.82, 2.24) is 10.2 Å². The van der Waals surface area contributed by atoms with Crippen molar-refractivity contribution in [2.24, 2.45) is 0 Å². The van der Waals surface area contributed by atoms with Crippen LogP contribution in [-0.2, 0) is 34.1 Å². The van der Waals surface area contributed by atoms with Crippen LogP contribution in [0.3, 0.4) is 0 Å². The zero-order chi connectivity index (χ0) is 24.9. The zero-order valence-electron chi connectivity index (χ0n) is 19.3. The molecule has 3 rings (SSSR count). The molecule has 186 valence electrons.